The van der Waals surface area contributed by atoms with Crippen molar-refractivity contribution in [2.24, 2.45) is 0 Å². The number of aliphatic carboxylic acids is 1. The summed E-state index contributed by atoms with van der Waals surface area (Å²) < 4.78 is 33.7. The van der Waals surface area contributed by atoms with Gasteiger partial charge in [-0.15, -0.1) is 0 Å². The second-order valence-corrected chi connectivity index (χ2v) is 9.41. The van der Waals surface area contributed by atoms with Crippen LogP contribution in [-0.4, -0.2) is 61.5 Å². The van der Waals surface area contributed by atoms with Gasteiger partial charge in [0.25, 0.3) is 5.91 Å². The Bertz CT molecular complexity index is 1280. The molecule has 4 rings (SSSR count). The maximum atomic E-state index is 12.4. The van der Waals surface area contributed by atoms with Crippen LogP contribution in [0.2, 0.25) is 0 Å². The number of fused-ring (bicyclic) bond motifs is 2. The molecular weight excluding hydrogens is 479 g/mol. The van der Waals surface area contributed by atoms with Gasteiger partial charge in [-0.2, -0.15) is 13.2 Å². The highest BCUT2D eigenvalue weighted by molar-refractivity contribution is 5.98. The number of carboxylic acids is 1. The van der Waals surface area contributed by atoms with Gasteiger partial charge in [-0.05, 0) is 46.2 Å². The van der Waals surface area contributed by atoms with E-state index in [1.165, 1.54) is 0 Å². The van der Waals surface area contributed by atoms with Gasteiger partial charge < -0.3 is 25.4 Å². The van der Waals surface area contributed by atoms with Crippen molar-refractivity contribution in [3.63, 3.8) is 0 Å². The first-order chi connectivity index (χ1) is 16.7. The van der Waals surface area contributed by atoms with Crippen LogP contribution in [0.5, 0.6) is 0 Å². The van der Waals surface area contributed by atoms with E-state index in [-0.39, 0.29) is 24.1 Å². The van der Waals surface area contributed by atoms with Crippen LogP contribution in [0.15, 0.2) is 30.5 Å². The first-order valence-electron chi connectivity index (χ1n) is 11.2. The lowest BCUT2D eigenvalue weighted by Crippen LogP contribution is -2.38. The number of aryl methyl sites for hydroxylation is 1. The average molecular weight is 508 g/mol. The first-order valence-corrected chi connectivity index (χ1v) is 11.2. The molecule has 0 aliphatic carbocycles. The van der Waals surface area contributed by atoms with E-state index in [0.717, 1.165) is 33.7 Å². The van der Waals surface area contributed by atoms with Crippen LogP contribution in [-0.2, 0) is 4.79 Å². The zero-order chi connectivity index (χ0) is 26.8. The number of aromatic nitrogens is 3. The van der Waals surface area contributed by atoms with Gasteiger partial charge in [0.05, 0.1) is 22.8 Å². The molecule has 0 radical (unpaired) electrons. The van der Waals surface area contributed by atoms with Crippen molar-refractivity contribution in [1.82, 2.24) is 19.9 Å². The summed E-state index contributed by atoms with van der Waals surface area (Å²) in [6.45, 7) is 8.82. The molecule has 0 spiro atoms. The molecule has 36 heavy (non-hydrogen) atoms. The summed E-state index contributed by atoms with van der Waals surface area (Å²) in [7, 11) is 0. The maximum absolute atomic E-state index is 12.4. The SMILES string of the molecule is Cc1nc2cccc(-c3cc4n(c3)C(CCO)CNC4=O)c2nc1NC(C)(C)C.O=C(O)C(F)(F)F. The number of carbonyl (C=O) groups excluding carboxylic acids is 1. The van der Waals surface area contributed by atoms with Gasteiger partial charge >= 0.3 is 12.1 Å². The van der Waals surface area contributed by atoms with Crippen LogP contribution in [0, 0.1) is 6.92 Å². The maximum Gasteiger partial charge on any atom is 0.490 e. The van der Waals surface area contributed by atoms with E-state index >= 15 is 0 Å². The number of halogens is 3. The normalized spacial score (nSPS) is 15.6. The lowest BCUT2D eigenvalue weighted by atomic mass is 10.1. The third-order valence-corrected chi connectivity index (χ3v) is 5.35. The molecule has 9 nitrogen and oxygen atoms in total. The van der Waals surface area contributed by atoms with Crippen molar-refractivity contribution >= 4 is 28.7 Å². The molecule has 12 heteroatoms. The number of nitrogens with zero attached hydrogens (tertiary/aromatic N) is 3. The summed E-state index contributed by atoms with van der Waals surface area (Å²) >= 11 is 0. The lowest BCUT2D eigenvalue weighted by Gasteiger charge is -2.25. The summed E-state index contributed by atoms with van der Waals surface area (Å²) in [6.07, 6.45) is -2.50. The standard InChI is InChI=1S/C22H27N5O2.C2HF3O2/c1-13-20(26-22(2,3)4)25-19-16(6-5-7-17(19)24-13)14-10-18-21(29)23-11-15(8-9-28)27(18)12-14;3-2(4,5)1(6)7/h5-7,10,12,15,28H,8-9,11H2,1-4H3,(H,23,29)(H,25,26);(H,6,7). The highest BCUT2D eigenvalue weighted by Gasteiger charge is 2.38. The van der Waals surface area contributed by atoms with Gasteiger partial charge in [0.2, 0.25) is 0 Å². The number of rotatable bonds is 4. The first kappa shape index (κ1) is 26.9. The van der Waals surface area contributed by atoms with E-state index in [2.05, 4.69) is 31.4 Å². The van der Waals surface area contributed by atoms with Gasteiger partial charge in [0.1, 0.15) is 11.5 Å². The van der Waals surface area contributed by atoms with Crippen LogP contribution in [0.25, 0.3) is 22.2 Å². The van der Waals surface area contributed by atoms with Crippen molar-refractivity contribution in [2.75, 3.05) is 18.5 Å². The van der Waals surface area contributed by atoms with Crippen molar-refractivity contribution in [3.8, 4) is 11.1 Å². The fraction of sp³-hybridized carbons (Fsp3) is 0.417. The lowest BCUT2D eigenvalue weighted by molar-refractivity contribution is -0.192. The molecule has 194 valence electrons. The number of aliphatic hydroxyl groups is 1. The van der Waals surface area contributed by atoms with Crippen molar-refractivity contribution in [1.29, 1.82) is 0 Å². The average Bonchev–Trinajstić information content (AvgIpc) is 3.21. The number of carboxylic acid groups (broad SMARTS) is 1. The quantitative estimate of drug-likeness (QED) is 0.421. The summed E-state index contributed by atoms with van der Waals surface area (Å²) in [6, 6.07) is 7.86. The van der Waals surface area contributed by atoms with Gasteiger partial charge in [0.15, 0.2) is 0 Å². The van der Waals surface area contributed by atoms with Crippen LogP contribution < -0.4 is 10.6 Å². The van der Waals surface area contributed by atoms with Crippen LogP contribution >= 0.6 is 0 Å². The number of nitrogens with one attached hydrogen (secondary N) is 2. The van der Waals surface area contributed by atoms with E-state index in [4.69, 9.17) is 19.9 Å². The van der Waals surface area contributed by atoms with E-state index in [0.29, 0.717) is 18.7 Å². The largest absolute Gasteiger partial charge is 0.490 e. The molecule has 3 heterocycles. The second kappa shape index (κ2) is 10.1. The Morgan fingerprint density at radius 1 is 1.25 bits per heavy atom. The van der Waals surface area contributed by atoms with E-state index in [9.17, 15) is 23.1 Å². The zero-order valence-electron chi connectivity index (χ0n) is 20.3. The molecule has 1 aliphatic heterocycles. The summed E-state index contributed by atoms with van der Waals surface area (Å²) in [4.78, 5) is 30.9. The molecule has 0 bridgehead atoms. The molecule has 1 aromatic carbocycles. The summed E-state index contributed by atoms with van der Waals surface area (Å²) in [5, 5.41) is 22.8. The molecule has 0 saturated heterocycles. The zero-order valence-corrected chi connectivity index (χ0v) is 20.3. The smallest absolute Gasteiger partial charge is 0.475 e. The Labute approximate surface area is 205 Å². The molecule has 1 unspecified atom stereocenters. The Kier molecular flexibility index (Phi) is 7.58. The molecule has 0 fully saturated rings. The minimum atomic E-state index is -5.08. The number of benzene rings is 1. The number of hydrogen-bond acceptors (Lipinski definition) is 6. The van der Waals surface area contributed by atoms with Crippen molar-refractivity contribution in [3.05, 3.63) is 41.9 Å². The molecule has 3 aromatic rings. The summed E-state index contributed by atoms with van der Waals surface area (Å²) in [5.41, 5.74) is 4.80. The Morgan fingerprint density at radius 2 is 1.92 bits per heavy atom. The van der Waals surface area contributed by atoms with E-state index in [1.54, 1.807) is 0 Å². The molecule has 2 aromatic heterocycles. The second-order valence-electron chi connectivity index (χ2n) is 9.41. The van der Waals surface area contributed by atoms with Gasteiger partial charge in [-0.3, -0.25) is 4.79 Å². The number of aliphatic hydroxyl groups excluding tert-OH is 1. The number of alkyl halides is 3. The predicted octanol–water partition coefficient (Wildman–Crippen LogP) is 3.92. The number of anilines is 1. The minimum absolute atomic E-state index is 0.0443. The topological polar surface area (TPSA) is 129 Å². The number of para-hydroxylation sites is 1. The minimum Gasteiger partial charge on any atom is -0.475 e. The number of hydrogen-bond donors (Lipinski definition) is 4. The Balaban J connectivity index is 0.000000454. The van der Waals surface area contributed by atoms with Gasteiger partial charge in [-0.25, -0.2) is 14.8 Å². The van der Waals surface area contributed by atoms with Crippen LogP contribution in [0.4, 0.5) is 19.0 Å². The highest BCUT2D eigenvalue weighted by Crippen LogP contribution is 2.32. The molecule has 4 N–H and O–H groups in total. The highest BCUT2D eigenvalue weighted by atomic mass is 19.4. The van der Waals surface area contributed by atoms with Crippen LogP contribution in [0.1, 0.15) is 49.4 Å². The Morgan fingerprint density at radius 3 is 2.50 bits per heavy atom. The molecule has 1 atom stereocenters. The predicted molar refractivity (Wildman–Crippen MR) is 128 cm³/mol. The van der Waals surface area contributed by atoms with E-state index in [1.807, 2.05) is 42.0 Å². The van der Waals surface area contributed by atoms with Crippen molar-refractivity contribution in [2.45, 2.75) is 51.9 Å². The summed E-state index contributed by atoms with van der Waals surface area (Å²) in [5.74, 6) is -2.09. The van der Waals surface area contributed by atoms with Gasteiger partial charge in [-0.1, -0.05) is 12.1 Å². The molecular formula is C24H28F3N5O4. The van der Waals surface area contributed by atoms with E-state index < -0.39 is 12.1 Å². The number of carbonyl (C=O) groups is 2. The molecule has 0 saturated carbocycles. The Hall–Kier alpha value is -3.67. The molecule has 1 amide bonds. The number of amides is 1. The third-order valence-electron chi connectivity index (χ3n) is 5.35. The van der Waals surface area contributed by atoms with Crippen LogP contribution in [0.3, 0.4) is 0 Å². The van der Waals surface area contributed by atoms with Crippen molar-refractivity contribution < 1.29 is 33.0 Å². The fourth-order valence-corrected chi connectivity index (χ4v) is 3.77. The third kappa shape index (κ3) is 6.11. The monoisotopic (exact) mass is 507 g/mol. The molecule has 1 aliphatic rings. The fourth-order valence-electron chi connectivity index (χ4n) is 3.77. The van der Waals surface area contributed by atoms with Gasteiger partial charge in [0, 0.05) is 36.0 Å².